The van der Waals surface area contributed by atoms with Crippen LogP contribution in [0.15, 0.2) is 23.3 Å². The second-order valence-electron chi connectivity index (χ2n) is 13.1. The van der Waals surface area contributed by atoms with Crippen molar-refractivity contribution in [1.29, 1.82) is 0 Å². The van der Waals surface area contributed by atoms with Crippen LogP contribution in [0.5, 0.6) is 0 Å². The SMILES string of the molecule is CC(=O)O[C@H]1CC[C@@]2(C)C(=CC=C3[C@@H]4CC[C@H]([C@H](C)[C@H]5O[C@@H]5[C@H](C)C(C)C)[C@@]4(C)CC[C@@H]32)C1. The molecule has 0 aromatic heterocycles. The molecule has 0 aromatic rings. The maximum absolute atomic E-state index is 11.5. The Morgan fingerprint density at radius 1 is 1.00 bits per heavy atom. The topological polar surface area (TPSA) is 38.8 Å². The quantitative estimate of drug-likeness (QED) is 0.328. The lowest BCUT2D eigenvalue weighted by atomic mass is 9.50. The molecule has 0 spiro atoms. The fourth-order valence-electron chi connectivity index (χ4n) is 8.80. The van der Waals surface area contributed by atoms with E-state index in [1.807, 2.05) is 0 Å². The second kappa shape index (κ2) is 8.25. The minimum Gasteiger partial charge on any atom is -0.462 e. The molecule has 5 rings (SSSR count). The lowest BCUT2D eigenvalue weighted by Gasteiger charge is -2.55. The number of carbonyl (C=O) groups excluding carboxylic acids is 1. The van der Waals surface area contributed by atoms with Crippen molar-refractivity contribution in [2.45, 2.75) is 112 Å². The molecule has 3 heteroatoms. The van der Waals surface area contributed by atoms with Gasteiger partial charge in [0.25, 0.3) is 0 Å². The Morgan fingerprint density at radius 2 is 1.76 bits per heavy atom. The van der Waals surface area contributed by atoms with Crippen molar-refractivity contribution in [2.24, 2.45) is 46.3 Å². The maximum Gasteiger partial charge on any atom is 0.302 e. The molecule has 184 valence electrons. The van der Waals surface area contributed by atoms with Gasteiger partial charge in [-0.2, -0.15) is 0 Å². The molecule has 0 radical (unpaired) electrons. The summed E-state index contributed by atoms with van der Waals surface area (Å²) in [6.07, 6.45) is 14.4. The monoisotopic (exact) mass is 454 g/mol. The van der Waals surface area contributed by atoms with E-state index in [0.29, 0.717) is 41.3 Å². The first kappa shape index (κ1) is 23.6. The van der Waals surface area contributed by atoms with Crippen LogP contribution in [0.2, 0.25) is 0 Å². The molecule has 4 fully saturated rings. The van der Waals surface area contributed by atoms with E-state index < -0.39 is 0 Å². The molecule has 1 saturated heterocycles. The first-order valence-corrected chi connectivity index (χ1v) is 13.8. The molecular formula is C30H46O3. The van der Waals surface area contributed by atoms with Gasteiger partial charge in [0.1, 0.15) is 6.10 Å². The van der Waals surface area contributed by atoms with E-state index in [4.69, 9.17) is 9.47 Å². The van der Waals surface area contributed by atoms with Crippen LogP contribution >= 0.6 is 0 Å². The van der Waals surface area contributed by atoms with E-state index in [9.17, 15) is 4.79 Å². The summed E-state index contributed by atoms with van der Waals surface area (Å²) in [5, 5.41) is 0. The van der Waals surface area contributed by atoms with Crippen molar-refractivity contribution in [3.63, 3.8) is 0 Å². The highest BCUT2D eigenvalue weighted by Crippen LogP contribution is 2.66. The lowest BCUT2D eigenvalue weighted by Crippen LogP contribution is -2.47. The van der Waals surface area contributed by atoms with Gasteiger partial charge in [-0.1, -0.05) is 64.8 Å². The van der Waals surface area contributed by atoms with Crippen molar-refractivity contribution >= 4 is 5.97 Å². The molecule has 3 nitrogen and oxygen atoms in total. The third kappa shape index (κ3) is 3.76. The number of epoxide rings is 1. The van der Waals surface area contributed by atoms with Crippen LogP contribution in [0, 0.1) is 46.3 Å². The van der Waals surface area contributed by atoms with Crippen LogP contribution in [-0.2, 0) is 14.3 Å². The van der Waals surface area contributed by atoms with Gasteiger partial charge in [-0.3, -0.25) is 4.79 Å². The minimum absolute atomic E-state index is 0.0714. The Morgan fingerprint density at radius 3 is 2.45 bits per heavy atom. The van der Waals surface area contributed by atoms with Crippen molar-refractivity contribution < 1.29 is 14.3 Å². The zero-order valence-electron chi connectivity index (χ0n) is 22.0. The summed E-state index contributed by atoms with van der Waals surface area (Å²) in [4.78, 5) is 11.5. The number of esters is 1. The number of hydrogen-bond donors (Lipinski definition) is 0. The molecule has 0 N–H and O–H groups in total. The molecule has 1 aliphatic heterocycles. The summed E-state index contributed by atoms with van der Waals surface area (Å²) in [5.74, 6) is 4.05. The molecule has 0 unspecified atom stereocenters. The highest BCUT2D eigenvalue weighted by atomic mass is 16.6. The Balaban J connectivity index is 1.34. The summed E-state index contributed by atoms with van der Waals surface area (Å²) >= 11 is 0. The van der Waals surface area contributed by atoms with Gasteiger partial charge in [0.05, 0.1) is 12.2 Å². The third-order valence-electron chi connectivity index (χ3n) is 11.2. The van der Waals surface area contributed by atoms with Crippen molar-refractivity contribution in [3.8, 4) is 0 Å². The van der Waals surface area contributed by atoms with Gasteiger partial charge in [-0.15, -0.1) is 0 Å². The zero-order valence-corrected chi connectivity index (χ0v) is 22.0. The maximum atomic E-state index is 11.5. The molecule has 4 aliphatic carbocycles. The van der Waals surface area contributed by atoms with E-state index >= 15 is 0 Å². The first-order chi connectivity index (χ1) is 15.6. The van der Waals surface area contributed by atoms with E-state index in [2.05, 4.69) is 53.7 Å². The van der Waals surface area contributed by atoms with Crippen LogP contribution in [0.3, 0.4) is 0 Å². The highest BCUT2D eigenvalue weighted by Gasteiger charge is 2.60. The smallest absolute Gasteiger partial charge is 0.302 e. The number of carbonyl (C=O) groups is 1. The van der Waals surface area contributed by atoms with Gasteiger partial charge in [0.15, 0.2) is 0 Å². The van der Waals surface area contributed by atoms with Gasteiger partial charge in [-0.25, -0.2) is 0 Å². The second-order valence-corrected chi connectivity index (χ2v) is 13.1. The zero-order chi connectivity index (χ0) is 23.7. The summed E-state index contributed by atoms with van der Waals surface area (Å²) in [6.45, 7) is 16.2. The largest absolute Gasteiger partial charge is 0.462 e. The number of ether oxygens (including phenoxy) is 2. The normalized spacial score (nSPS) is 45.8. The van der Waals surface area contributed by atoms with E-state index in [-0.39, 0.29) is 17.5 Å². The Kier molecular flexibility index (Phi) is 5.91. The van der Waals surface area contributed by atoms with Crippen molar-refractivity contribution in [2.75, 3.05) is 0 Å². The van der Waals surface area contributed by atoms with Crippen molar-refractivity contribution in [1.82, 2.24) is 0 Å². The van der Waals surface area contributed by atoms with Gasteiger partial charge in [-0.05, 0) is 84.9 Å². The molecule has 0 aromatic carbocycles. The van der Waals surface area contributed by atoms with E-state index in [1.165, 1.54) is 31.3 Å². The lowest BCUT2D eigenvalue weighted by molar-refractivity contribution is -0.148. The summed E-state index contributed by atoms with van der Waals surface area (Å²) < 4.78 is 11.9. The van der Waals surface area contributed by atoms with Crippen molar-refractivity contribution in [3.05, 3.63) is 23.3 Å². The Labute approximate surface area is 201 Å². The minimum atomic E-state index is -0.138. The molecule has 33 heavy (non-hydrogen) atoms. The summed E-state index contributed by atoms with van der Waals surface area (Å²) in [5.41, 5.74) is 3.94. The van der Waals surface area contributed by atoms with Crippen LogP contribution in [0.4, 0.5) is 0 Å². The highest BCUT2D eigenvalue weighted by molar-refractivity contribution is 5.66. The predicted molar refractivity (Wildman–Crippen MR) is 133 cm³/mol. The Hall–Kier alpha value is -1.09. The van der Waals surface area contributed by atoms with Crippen LogP contribution in [0.25, 0.3) is 0 Å². The Bertz CT molecular complexity index is 855. The van der Waals surface area contributed by atoms with Gasteiger partial charge in [0, 0.05) is 13.3 Å². The fraction of sp³-hybridized carbons (Fsp3) is 0.833. The predicted octanol–water partition coefficient (Wildman–Crippen LogP) is 7.11. The van der Waals surface area contributed by atoms with Gasteiger partial charge < -0.3 is 9.47 Å². The van der Waals surface area contributed by atoms with Crippen LogP contribution in [0.1, 0.15) is 93.4 Å². The van der Waals surface area contributed by atoms with E-state index in [0.717, 1.165) is 31.1 Å². The molecule has 0 amide bonds. The van der Waals surface area contributed by atoms with E-state index in [1.54, 1.807) is 12.5 Å². The summed E-state index contributed by atoms with van der Waals surface area (Å²) in [6, 6.07) is 0. The average molecular weight is 455 g/mol. The number of fused-ring (bicyclic) bond motifs is 5. The number of hydrogen-bond acceptors (Lipinski definition) is 3. The first-order valence-electron chi connectivity index (χ1n) is 13.8. The van der Waals surface area contributed by atoms with Crippen LogP contribution in [-0.4, -0.2) is 24.3 Å². The van der Waals surface area contributed by atoms with Gasteiger partial charge in [0.2, 0.25) is 0 Å². The van der Waals surface area contributed by atoms with Gasteiger partial charge >= 0.3 is 5.97 Å². The molecule has 5 aliphatic rings. The van der Waals surface area contributed by atoms with Crippen LogP contribution < -0.4 is 0 Å². The number of rotatable bonds is 5. The summed E-state index contributed by atoms with van der Waals surface area (Å²) in [7, 11) is 0. The molecular weight excluding hydrogens is 408 g/mol. The molecule has 1 heterocycles. The molecule has 0 bridgehead atoms. The average Bonchev–Trinajstić information content (AvgIpc) is 3.47. The fourth-order valence-corrected chi connectivity index (χ4v) is 8.80. The molecule has 3 saturated carbocycles. The molecule has 10 atom stereocenters. The number of allylic oxidation sites excluding steroid dienone is 3. The standard InChI is InChI=1S/C30H46O3/c1-17(2)18(3)27-28(33-27)19(4)24-10-11-25-23-9-8-21-16-22(32-20(5)31)12-14-29(21,6)26(23)13-15-30(24,25)7/h8-9,17-19,22,24-28H,10-16H2,1-7H3/t18-,19+,22+,24-,25+,26+,27-,28-,29+,30-/m1/s1. The third-order valence-corrected chi connectivity index (χ3v) is 11.2.